The molecule has 0 radical (unpaired) electrons. The van der Waals surface area contributed by atoms with E-state index >= 15 is 0 Å². The number of carbonyl (C=O) groups is 2. The Morgan fingerprint density at radius 1 is 0.917 bits per heavy atom. The van der Waals surface area contributed by atoms with Crippen LogP contribution in [0, 0.1) is 6.92 Å². The number of nitrogens with zero attached hydrogens (tertiary/aromatic N) is 1. The van der Waals surface area contributed by atoms with Crippen molar-refractivity contribution in [2.45, 2.75) is 13.5 Å². The molecule has 0 fully saturated rings. The maximum atomic E-state index is 11.9. The lowest BCUT2D eigenvalue weighted by Crippen LogP contribution is -2.18. The van der Waals surface area contributed by atoms with Crippen molar-refractivity contribution in [3.8, 4) is 0 Å². The zero-order valence-corrected chi connectivity index (χ0v) is 14.3. The van der Waals surface area contributed by atoms with Gasteiger partial charge in [-0.15, -0.1) is 0 Å². The summed E-state index contributed by atoms with van der Waals surface area (Å²) in [5, 5.41) is 0. The van der Waals surface area contributed by atoms with Crippen molar-refractivity contribution >= 4 is 17.6 Å². The number of carbonyl (C=O) groups excluding carboxylic acids is 2. The summed E-state index contributed by atoms with van der Waals surface area (Å²) in [7, 11) is 4.52. The van der Waals surface area contributed by atoms with Gasteiger partial charge in [-0.05, 0) is 30.7 Å². The summed E-state index contributed by atoms with van der Waals surface area (Å²) in [6, 6.07) is 13.1. The monoisotopic (exact) mass is 327 g/mol. The predicted molar refractivity (Wildman–Crippen MR) is 92.4 cm³/mol. The lowest BCUT2D eigenvalue weighted by Gasteiger charge is -2.21. The Morgan fingerprint density at radius 2 is 1.42 bits per heavy atom. The second-order valence-corrected chi connectivity index (χ2v) is 5.59. The average Bonchev–Trinajstić information content (AvgIpc) is 2.61. The predicted octanol–water partition coefficient (Wildman–Crippen LogP) is 3.20. The second kappa shape index (κ2) is 7.64. The molecule has 0 amide bonds. The van der Waals surface area contributed by atoms with Crippen molar-refractivity contribution in [2.75, 3.05) is 26.2 Å². The van der Waals surface area contributed by atoms with Gasteiger partial charge in [0.25, 0.3) is 0 Å². The van der Waals surface area contributed by atoms with Crippen LogP contribution >= 0.6 is 0 Å². The van der Waals surface area contributed by atoms with E-state index in [4.69, 9.17) is 9.47 Å². The average molecular weight is 327 g/mol. The van der Waals surface area contributed by atoms with Gasteiger partial charge in [0.05, 0.1) is 25.3 Å². The maximum Gasteiger partial charge on any atom is 0.337 e. The first-order valence-corrected chi connectivity index (χ1v) is 7.53. The van der Waals surface area contributed by atoms with Gasteiger partial charge in [-0.2, -0.15) is 0 Å². The highest BCUT2D eigenvalue weighted by Gasteiger charge is 2.15. The number of anilines is 1. The minimum Gasteiger partial charge on any atom is -0.465 e. The molecule has 24 heavy (non-hydrogen) atoms. The number of aryl methyl sites for hydroxylation is 1. The normalized spacial score (nSPS) is 10.2. The Bertz CT molecular complexity index is 703. The molecule has 0 N–H and O–H groups in total. The van der Waals surface area contributed by atoms with Gasteiger partial charge in [-0.25, -0.2) is 9.59 Å². The van der Waals surface area contributed by atoms with E-state index in [0.717, 1.165) is 11.3 Å². The molecular formula is C19H21NO4. The fourth-order valence-corrected chi connectivity index (χ4v) is 2.36. The molecule has 2 aromatic carbocycles. The Morgan fingerprint density at radius 3 is 1.88 bits per heavy atom. The number of rotatable bonds is 5. The zero-order chi connectivity index (χ0) is 17.7. The van der Waals surface area contributed by atoms with Crippen molar-refractivity contribution in [1.29, 1.82) is 0 Å². The first kappa shape index (κ1) is 17.5. The fraction of sp³-hybridized carbons (Fsp3) is 0.263. The summed E-state index contributed by atoms with van der Waals surface area (Å²) in [4.78, 5) is 25.7. The Balaban J connectivity index is 2.34. The molecule has 0 heterocycles. The molecule has 0 atom stereocenters. The van der Waals surface area contributed by atoms with Gasteiger partial charge in [-0.1, -0.05) is 29.8 Å². The summed E-state index contributed by atoms with van der Waals surface area (Å²) in [5.74, 6) is -0.989. The third kappa shape index (κ3) is 4.13. The maximum absolute atomic E-state index is 11.9. The summed E-state index contributed by atoms with van der Waals surface area (Å²) in [5.41, 5.74) is 3.68. The van der Waals surface area contributed by atoms with E-state index in [2.05, 4.69) is 12.1 Å². The standard InChI is InChI=1S/C19H21NO4/c1-13-5-7-14(8-6-13)12-20(2)17-10-15(18(21)23-3)9-16(11-17)19(22)24-4/h5-11H,12H2,1-4H3. The summed E-state index contributed by atoms with van der Waals surface area (Å²) in [6.07, 6.45) is 0. The van der Waals surface area contributed by atoms with Crippen LogP contribution in [0.1, 0.15) is 31.8 Å². The van der Waals surface area contributed by atoms with Crippen LogP contribution in [0.5, 0.6) is 0 Å². The highest BCUT2D eigenvalue weighted by Crippen LogP contribution is 2.21. The molecule has 5 nitrogen and oxygen atoms in total. The molecule has 0 aliphatic heterocycles. The van der Waals surface area contributed by atoms with E-state index in [-0.39, 0.29) is 0 Å². The van der Waals surface area contributed by atoms with Crippen LogP contribution in [0.15, 0.2) is 42.5 Å². The summed E-state index contributed by atoms with van der Waals surface area (Å²) >= 11 is 0. The summed E-state index contributed by atoms with van der Waals surface area (Å²) in [6.45, 7) is 2.68. The largest absolute Gasteiger partial charge is 0.465 e. The van der Waals surface area contributed by atoms with Crippen LogP contribution in [0.25, 0.3) is 0 Å². The topological polar surface area (TPSA) is 55.8 Å². The van der Waals surface area contributed by atoms with Crippen LogP contribution in [-0.4, -0.2) is 33.2 Å². The molecule has 0 saturated heterocycles. The van der Waals surface area contributed by atoms with E-state index in [1.54, 1.807) is 12.1 Å². The molecular weight excluding hydrogens is 306 g/mol. The van der Waals surface area contributed by atoms with Crippen LogP contribution in [-0.2, 0) is 16.0 Å². The summed E-state index contributed by atoms with van der Waals surface area (Å²) < 4.78 is 9.52. The van der Waals surface area contributed by atoms with E-state index in [9.17, 15) is 9.59 Å². The highest BCUT2D eigenvalue weighted by molar-refractivity contribution is 5.97. The number of benzene rings is 2. The Kier molecular flexibility index (Phi) is 5.58. The van der Waals surface area contributed by atoms with Gasteiger partial charge in [0.1, 0.15) is 0 Å². The van der Waals surface area contributed by atoms with E-state index in [1.165, 1.54) is 25.8 Å². The van der Waals surface area contributed by atoms with Crippen molar-refractivity contribution in [3.05, 3.63) is 64.7 Å². The van der Waals surface area contributed by atoms with Crippen LogP contribution < -0.4 is 4.90 Å². The van der Waals surface area contributed by atoms with Crippen molar-refractivity contribution in [3.63, 3.8) is 0 Å². The van der Waals surface area contributed by atoms with Gasteiger partial charge < -0.3 is 14.4 Å². The smallest absolute Gasteiger partial charge is 0.337 e. The van der Waals surface area contributed by atoms with E-state index in [0.29, 0.717) is 17.7 Å². The Hall–Kier alpha value is -2.82. The second-order valence-electron chi connectivity index (χ2n) is 5.59. The Labute approximate surface area is 141 Å². The van der Waals surface area contributed by atoms with E-state index < -0.39 is 11.9 Å². The van der Waals surface area contributed by atoms with Gasteiger partial charge in [0.2, 0.25) is 0 Å². The minimum absolute atomic E-state index is 0.311. The molecule has 0 unspecified atom stereocenters. The highest BCUT2D eigenvalue weighted by atomic mass is 16.5. The van der Waals surface area contributed by atoms with Crippen LogP contribution in [0.3, 0.4) is 0 Å². The van der Waals surface area contributed by atoms with Crippen molar-refractivity contribution in [2.24, 2.45) is 0 Å². The number of esters is 2. The zero-order valence-electron chi connectivity index (χ0n) is 14.3. The number of hydrogen-bond acceptors (Lipinski definition) is 5. The lowest BCUT2D eigenvalue weighted by atomic mass is 10.1. The molecule has 2 aromatic rings. The molecule has 0 aliphatic carbocycles. The van der Waals surface area contributed by atoms with Gasteiger partial charge >= 0.3 is 11.9 Å². The van der Waals surface area contributed by atoms with E-state index in [1.807, 2.05) is 31.0 Å². The first-order chi connectivity index (χ1) is 11.4. The number of hydrogen-bond donors (Lipinski definition) is 0. The number of methoxy groups -OCH3 is 2. The molecule has 5 heteroatoms. The quantitative estimate of drug-likeness (QED) is 0.789. The minimum atomic E-state index is -0.495. The van der Waals surface area contributed by atoms with Crippen molar-refractivity contribution < 1.29 is 19.1 Å². The molecule has 0 aliphatic rings. The van der Waals surface area contributed by atoms with Gasteiger partial charge in [0.15, 0.2) is 0 Å². The molecule has 0 bridgehead atoms. The third-order valence-electron chi connectivity index (χ3n) is 3.74. The van der Waals surface area contributed by atoms with Crippen LogP contribution in [0.2, 0.25) is 0 Å². The van der Waals surface area contributed by atoms with Gasteiger partial charge in [0, 0.05) is 19.3 Å². The fourth-order valence-electron chi connectivity index (χ4n) is 2.36. The molecule has 126 valence electrons. The van der Waals surface area contributed by atoms with Crippen LogP contribution in [0.4, 0.5) is 5.69 Å². The van der Waals surface area contributed by atoms with Crippen molar-refractivity contribution in [1.82, 2.24) is 0 Å². The SMILES string of the molecule is COC(=O)c1cc(C(=O)OC)cc(N(C)Cc2ccc(C)cc2)c1. The van der Waals surface area contributed by atoms with Gasteiger partial charge in [-0.3, -0.25) is 0 Å². The lowest BCUT2D eigenvalue weighted by molar-refractivity contribution is 0.0599. The molecule has 0 aromatic heterocycles. The molecule has 0 saturated carbocycles. The third-order valence-corrected chi connectivity index (χ3v) is 3.74. The molecule has 0 spiro atoms. The first-order valence-electron chi connectivity index (χ1n) is 7.53. The molecule has 2 rings (SSSR count). The number of ether oxygens (including phenoxy) is 2.